The molecule has 0 amide bonds. The van der Waals surface area contributed by atoms with Gasteiger partial charge in [0, 0.05) is 0 Å². The van der Waals surface area contributed by atoms with E-state index in [1.54, 1.807) is 6.92 Å². The molecule has 0 aliphatic carbocycles. The molecular weight excluding hydrogens is 171 g/mol. The van der Waals surface area contributed by atoms with Gasteiger partial charge in [0.1, 0.15) is 0 Å². The fourth-order valence-corrected chi connectivity index (χ4v) is 1.09. The van der Waals surface area contributed by atoms with Crippen LogP contribution in [-0.4, -0.2) is 43.7 Å². The average Bonchev–Trinajstić information content (AvgIpc) is 1.67. The zero-order valence-corrected chi connectivity index (χ0v) is 6.21. The van der Waals surface area contributed by atoms with Crippen LogP contribution in [0.25, 0.3) is 0 Å². The van der Waals surface area contributed by atoms with Gasteiger partial charge >= 0.3 is 29.6 Å². The van der Waals surface area contributed by atoms with Gasteiger partial charge in [-0.25, -0.2) is 3.63 Å². The second-order valence-corrected chi connectivity index (χ2v) is 3.46. The molecule has 0 heterocycles. The average molecular weight is 180 g/mol. The summed E-state index contributed by atoms with van der Waals surface area (Å²) < 4.78 is 24.4. The molecule has 0 unspecified atom stereocenters. The molecule has 3 nitrogen and oxygen atoms in total. The molecule has 6 heteroatoms. The number of rotatable bonds is 3. The number of hydrogen-bond acceptors (Lipinski definition) is 4. The summed E-state index contributed by atoms with van der Waals surface area (Å²) in [5.41, 5.74) is 0. The van der Waals surface area contributed by atoms with Crippen molar-refractivity contribution in [3.05, 3.63) is 0 Å². The van der Waals surface area contributed by atoms with Gasteiger partial charge in [-0.2, -0.15) is 8.42 Å². The Balaban J connectivity index is 0. The molecule has 0 saturated carbocycles. The van der Waals surface area contributed by atoms with Crippen molar-refractivity contribution < 1.29 is 12.0 Å². The van der Waals surface area contributed by atoms with Crippen molar-refractivity contribution in [2.45, 2.75) is 13.3 Å². The molecule has 0 aromatic rings. The Labute approximate surface area is 83.2 Å². The topological polar surface area (TPSA) is 43.4 Å². The van der Waals surface area contributed by atoms with Crippen LogP contribution < -0.4 is 0 Å². The van der Waals surface area contributed by atoms with E-state index in [0.29, 0.717) is 6.42 Å². The van der Waals surface area contributed by atoms with E-state index in [9.17, 15) is 8.42 Å². The second kappa shape index (κ2) is 6.00. The first-order valence-corrected chi connectivity index (χ1v) is 4.12. The summed E-state index contributed by atoms with van der Waals surface area (Å²) in [5.74, 6) is 0.0382. The Bertz CT molecular complexity index is 141. The van der Waals surface area contributed by atoms with Crippen molar-refractivity contribution in [3.8, 4) is 0 Å². The van der Waals surface area contributed by atoms with Crippen molar-refractivity contribution in [1.29, 1.82) is 0 Å². The predicted octanol–water partition coefficient (Wildman–Crippen LogP) is -0.0609. The molecule has 0 aliphatic heterocycles. The van der Waals surface area contributed by atoms with Gasteiger partial charge in [0.25, 0.3) is 10.1 Å². The third kappa shape index (κ3) is 7.15. The molecule has 9 heavy (non-hydrogen) atoms. The summed E-state index contributed by atoms with van der Waals surface area (Å²) in [4.78, 5) is 0. The van der Waals surface area contributed by atoms with Crippen molar-refractivity contribution in [1.82, 2.24) is 0 Å². The zero-order chi connectivity index (χ0) is 6.62. The fraction of sp³-hybridized carbons (Fsp3) is 1.00. The molecule has 0 atom stereocenters. The molecule has 52 valence electrons. The van der Waals surface area contributed by atoms with Gasteiger partial charge in [0.15, 0.2) is 0 Å². The van der Waals surface area contributed by atoms with E-state index in [-0.39, 0.29) is 35.3 Å². The third-order valence-electron chi connectivity index (χ3n) is 0.568. The second-order valence-electron chi connectivity index (χ2n) is 1.34. The molecular formula is C3H9NaO3S2. The summed E-state index contributed by atoms with van der Waals surface area (Å²) in [6.45, 7) is 1.75. The van der Waals surface area contributed by atoms with E-state index in [0.717, 1.165) is 0 Å². The van der Waals surface area contributed by atoms with Crippen LogP contribution in [0.3, 0.4) is 0 Å². The van der Waals surface area contributed by atoms with E-state index in [1.165, 1.54) is 0 Å². The van der Waals surface area contributed by atoms with Crippen LogP contribution in [0, 0.1) is 0 Å². The molecule has 0 spiro atoms. The molecule has 0 bridgehead atoms. The Morgan fingerprint density at radius 1 is 1.56 bits per heavy atom. The molecule has 0 aromatic carbocycles. The maximum atomic E-state index is 10.3. The third-order valence-corrected chi connectivity index (χ3v) is 2.38. The van der Waals surface area contributed by atoms with Gasteiger partial charge in [-0.3, -0.25) is 0 Å². The molecule has 0 rings (SSSR count). The Kier molecular flexibility index (Phi) is 8.60. The van der Waals surface area contributed by atoms with Gasteiger partial charge < -0.3 is 0 Å². The van der Waals surface area contributed by atoms with Crippen LogP contribution >= 0.6 is 12.9 Å². The Morgan fingerprint density at radius 3 is 2.11 bits per heavy atom. The first-order chi connectivity index (χ1) is 3.62. The van der Waals surface area contributed by atoms with E-state index in [1.807, 2.05) is 0 Å². The Morgan fingerprint density at radius 2 is 2.00 bits per heavy atom. The number of hydrogen-bond donors (Lipinski definition) is 1. The molecule has 0 fully saturated rings. The summed E-state index contributed by atoms with van der Waals surface area (Å²) in [5, 5.41) is 0. The standard InChI is InChI=1S/C3H8O3S2.Na.H/c1-2-3-8(4,5)6-7;;/h7H,2-3H2,1H3;;. The minimum absolute atomic E-state index is 0. The van der Waals surface area contributed by atoms with Crippen molar-refractivity contribution in [3.63, 3.8) is 0 Å². The molecule has 0 N–H and O–H groups in total. The summed E-state index contributed by atoms with van der Waals surface area (Å²) in [6, 6.07) is 0. The van der Waals surface area contributed by atoms with E-state index in [4.69, 9.17) is 0 Å². The van der Waals surface area contributed by atoms with Gasteiger partial charge in [-0.1, -0.05) is 6.92 Å². The van der Waals surface area contributed by atoms with Crippen LogP contribution in [0.5, 0.6) is 0 Å². The summed E-state index contributed by atoms with van der Waals surface area (Å²) in [7, 11) is -3.31. The van der Waals surface area contributed by atoms with E-state index >= 15 is 0 Å². The zero-order valence-electron chi connectivity index (χ0n) is 4.49. The Hall–Kier alpha value is 1.26. The maximum absolute atomic E-state index is 10.3. The molecule has 0 radical (unpaired) electrons. The van der Waals surface area contributed by atoms with Gasteiger partial charge in [-0.15, -0.1) is 0 Å². The quantitative estimate of drug-likeness (QED) is 0.376. The predicted molar refractivity (Wildman–Crippen MR) is 41.3 cm³/mol. The SMILES string of the molecule is CCCS(=O)(=O)OS.[NaH]. The van der Waals surface area contributed by atoms with Crippen molar-refractivity contribution >= 4 is 52.6 Å². The van der Waals surface area contributed by atoms with Crippen LogP contribution in [0.4, 0.5) is 0 Å². The van der Waals surface area contributed by atoms with Crippen LogP contribution in [0.1, 0.15) is 13.3 Å². The van der Waals surface area contributed by atoms with E-state index < -0.39 is 10.1 Å². The van der Waals surface area contributed by atoms with Crippen LogP contribution in [-0.2, 0) is 13.7 Å². The molecule has 0 aliphatic rings. The van der Waals surface area contributed by atoms with Crippen LogP contribution in [0.15, 0.2) is 0 Å². The normalized spacial score (nSPS) is 10.4. The van der Waals surface area contributed by atoms with E-state index in [2.05, 4.69) is 16.5 Å². The van der Waals surface area contributed by atoms with Gasteiger partial charge in [0.2, 0.25) is 0 Å². The van der Waals surface area contributed by atoms with Crippen LogP contribution in [0.2, 0.25) is 0 Å². The summed E-state index contributed by atoms with van der Waals surface area (Å²) >= 11 is 3.15. The monoisotopic (exact) mass is 180 g/mol. The fourth-order valence-electron chi connectivity index (χ4n) is 0.287. The van der Waals surface area contributed by atoms with Crippen molar-refractivity contribution in [2.75, 3.05) is 5.75 Å². The van der Waals surface area contributed by atoms with Crippen molar-refractivity contribution in [2.24, 2.45) is 0 Å². The minimum atomic E-state index is -3.31. The van der Waals surface area contributed by atoms with Gasteiger partial charge in [0.05, 0.1) is 5.75 Å². The first kappa shape index (κ1) is 12.9. The van der Waals surface area contributed by atoms with Gasteiger partial charge in [-0.05, 0) is 19.3 Å². The summed E-state index contributed by atoms with van der Waals surface area (Å²) in [6.07, 6.45) is 0.558. The first-order valence-electron chi connectivity index (χ1n) is 2.18. The molecule has 0 saturated heterocycles. The number of thiol groups is 1. The molecule has 0 aromatic heterocycles.